The lowest BCUT2D eigenvalue weighted by Crippen LogP contribution is -2.19. The van der Waals surface area contributed by atoms with Crippen LogP contribution in [0.3, 0.4) is 0 Å². The topological polar surface area (TPSA) is 41.1 Å². The number of likely N-dealkylation sites (N-methyl/N-ethyl adjacent to an activating group) is 1. The van der Waals surface area contributed by atoms with Gasteiger partial charge < -0.3 is 10.6 Å². The van der Waals surface area contributed by atoms with Gasteiger partial charge in [0.05, 0.1) is 6.42 Å². The first-order chi connectivity index (χ1) is 9.19. The third kappa shape index (κ3) is 3.83. The minimum atomic E-state index is 0.0370. The zero-order chi connectivity index (χ0) is 13.7. The Labute approximate surface area is 117 Å². The second-order valence-electron chi connectivity index (χ2n) is 4.43. The number of thiophene rings is 1. The van der Waals surface area contributed by atoms with Crippen LogP contribution in [0.2, 0.25) is 0 Å². The number of amides is 1. The van der Waals surface area contributed by atoms with Gasteiger partial charge in [0.15, 0.2) is 0 Å². The molecule has 1 amide bonds. The molecule has 0 spiro atoms. The molecule has 0 atom stereocenters. The van der Waals surface area contributed by atoms with Crippen molar-refractivity contribution in [2.75, 3.05) is 12.4 Å². The van der Waals surface area contributed by atoms with E-state index >= 15 is 0 Å². The monoisotopic (exact) mass is 274 g/mol. The summed E-state index contributed by atoms with van der Waals surface area (Å²) in [6, 6.07) is 10.1. The first-order valence-corrected chi connectivity index (χ1v) is 7.13. The van der Waals surface area contributed by atoms with E-state index in [4.69, 9.17) is 0 Å². The fraction of sp³-hybridized carbons (Fsp3) is 0.267. The lowest BCUT2D eigenvalue weighted by atomic mass is 10.1. The summed E-state index contributed by atoms with van der Waals surface area (Å²) >= 11 is 1.77. The molecule has 0 saturated heterocycles. The number of carbonyl (C=O) groups is 1. The maximum atomic E-state index is 11.3. The second kappa shape index (κ2) is 6.38. The molecule has 2 N–H and O–H groups in total. The van der Waals surface area contributed by atoms with Gasteiger partial charge >= 0.3 is 0 Å². The van der Waals surface area contributed by atoms with E-state index < -0.39 is 0 Å². The van der Waals surface area contributed by atoms with Crippen LogP contribution in [0.25, 0.3) is 0 Å². The van der Waals surface area contributed by atoms with Crippen molar-refractivity contribution < 1.29 is 4.79 Å². The van der Waals surface area contributed by atoms with Gasteiger partial charge in [0.1, 0.15) is 0 Å². The van der Waals surface area contributed by atoms with Crippen LogP contribution in [0.15, 0.2) is 35.7 Å². The van der Waals surface area contributed by atoms with E-state index in [1.165, 1.54) is 10.4 Å². The smallest absolute Gasteiger partial charge is 0.224 e. The van der Waals surface area contributed by atoms with E-state index in [1.54, 1.807) is 18.4 Å². The molecule has 2 aromatic rings. The molecule has 1 aromatic heterocycles. The van der Waals surface area contributed by atoms with Crippen molar-refractivity contribution in [2.45, 2.75) is 19.9 Å². The van der Waals surface area contributed by atoms with Crippen molar-refractivity contribution in [2.24, 2.45) is 0 Å². The lowest BCUT2D eigenvalue weighted by molar-refractivity contribution is -0.119. The van der Waals surface area contributed by atoms with Crippen LogP contribution in [0, 0.1) is 6.92 Å². The predicted octanol–water partition coefficient (Wildman–Crippen LogP) is 2.96. The van der Waals surface area contributed by atoms with E-state index in [-0.39, 0.29) is 5.91 Å². The number of hydrogen-bond donors (Lipinski definition) is 2. The van der Waals surface area contributed by atoms with Gasteiger partial charge in [0.25, 0.3) is 0 Å². The summed E-state index contributed by atoms with van der Waals surface area (Å²) in [6.45, 7) is 2.97. The molecule has 1 heterocycles. The molecule has 0 bridgehead atoms. The maximum Gasteiger partial charge on any atom is 0.224 e. The van der Waals surface area contributed by atoms with Crippen molar-refractivity contribution in [1.82, 2.24) is 5.32 Å². The minimum Gasteiger partial charge on any atom is -0.380 e. The van der Waals surface area contributed by atoms with Crippen molar-refractivity contribution in [1.29, 1.82) is 0 Å². The zero-order valence-corrected chi connectivity index (χ0v) is 12.0. The number of rotatable bonds is 5. The van der Waals surface area contributed by atoms with Crippen LogP contribution in [-0.4, -0.2) is 13.0 Å². The Kier molecular flexibility index (Phi) is 4.58. The summed E-state index contributed by atoms with van der Waals surface area (Å²) in [4.78, 5) is 12.6. The Hall–Kier alpha value is -1.81. The Balaban J connectivity index is 1.92. The van der Waals surface area contributed by atoms with Crippen molar-refractivity contribution in [3.63, 3.8) is 0 Å². The standard InChI is InChI=1S/C15H18N2OS/c1-11-7-8-19-14(11)10-17-13-5-3-12(4-6-13)9-15(18)16-2/h3-8,17H,9-10H2,1-2H3,(H,16,18). The Bertz CT molecular complexity index is 546. The van der Waals surface area contributed by atoms with Crippen LogP contribution >= 0.6 is 11.3 Å². The number of nitrogens with one attached hydrogen (secondary N) is 2. The third-order valence-electron chi connectivity index (χ3n) is 3.02. The molecule has 0 aliphatic carbocycles. The largest absolute Gasteiger partial charge is 0.380 e. The normalized spacial score (nSPS) is 10.2. The molecular weight excluding hydrogens is 256 g/mol. The van der Waals surface area contributed by atoms with Crippen LogP contribution in [0.1, 0.15) is 16.0 Å². The Morgan fingerprint density at radius 2 is 1.95 bits per heavy atom. The molecule has 0 fully saturated rings. The molecule has 19 heavy (non-hydrogen) atoms. The number of aryl methyl sites for hydroxylation is 1. The Morgan fingerprint density at radius 3 is 2.53 bits per heavy atom. The molecule has 0 aliphatic heterocycles. The van der Waals surface area contributed by atoms with Gasteiger partial charge in [-0.05, 0) is 41.6 Å². The van der Waals surface area contributed by atoms with Crippen LogP contribution in [-0.2, 0) is 17.8 Å². The molecule has 0 radical (unpaired) electrons. The van der Waals surface area contributed by atoms with Crippen LogP contribution in [0.4, 0.5) is 5.69 Å². The van der Waals surface area contributed by atoms with Gasteiger partial charge in [-0.1, -0.05) is 12.1 Å². The number of carbonyl (C=O) groups excluding carboxylic acids is 1. The van der Waals surface area contributed by atoms with Gasteiger partial charge in [-0.3, -0.25) is 4.79 Å². The fourth-order valence-electron chi connectivity index (χ4n) is 1.78. The Morgan fingerprint density at radius 1 is 1.21 bits per heavy atom. The highest BCUT2D eigenvalue weighted by molar-refractivity contribution is 7.10. The van der Waals surface area contributed by atoms with Gasteiger partial charge in [-0.2, -0.15) is 0 Å². The molecule has 0 saturated carbocycles. The van der Waals surface area contributed by atoms with Gasteiger partial charge in [-0.15, -0.1) is 11.3 Å². The average Bonchev–Trinajstić information content (AvgIpc) is 2.83. The molecule has 0 aliphatic rings. The van der Waals surface area contributed by atoms with E-state index in [1.807, 2.05) is 24.3 Å². The summed E-state index contributed by atoms with van der Waals surface area (Å²) in [5, 5.41) is 8.13. The molecule has 3 nitrogen and oxygen atoms in total. The quantitative estimate of drug-likeness (QED) is 0.880. The van der Waals surface area contributed by atoms with E-state index in [9.17, 15) is 4.79 Å². The summed E-state index contributed by atoms with van der Waals surface area (Å²) in [5.74, 6) is 0.0370. The SMILES string of the molecule is CNC(=O)Cc1ccc(NCc2sccc2C)cc1. The van der Waals surface area contributed by atoms with Crippen LogP contribution < -0.4 is 10.6 Å². The van der Waals surface area contributed by atoms with Crippen molar-refractivity contribution >= 4 is 22.9 Å². The van der Waals surface area contributed by atoms with Crippen molar-refractivity contribution in [3.8, 4) is 0 Å². The molecule has 1 aromatic carbocycles. The number of hydrogen-bond acceptors (Lipinski definition) is 3. The molecule has 0 unspecified atom stereocenters. The van der Waals surface area contributed by atoms with E-state index in [0.29, 0.717) is 6.42 Å². The predicted molar refractivity (Wildman–Crippen MR) is 80.6 cm³/mol. The highest BCUT2D eigenvalue weighted by Gasteiger charge is 2.02. The summed E-state index contributed by atoms with van der Waals surface area (Å²) in [5.41, 5.74) is 3.43. The highest BCUT2D eigenvalue weighted by atomic mass is 32.1. The lowest BCUT2D eigenvalue weighted by Gasteiger charge is -2.07. The van der Waals surface area contributed by atoms with Gasteiger partial charge in [-0.25, -0.2) is 0 Å². The average molecular weight is 274 g/mol. The van der Waals surface area contributed by atoms with E-state index in [2.05, 4.69) is 29.0 Å². The van der Waals surface area contributed by atoms with Gasteiger partial charge in [0, 0.05) is 24.2 Å². The van der Waals surface area contributed by atoms with Gasteiger partial charge in [0.2, 0.25) is 5.91 Å². The zero-order valence-electron chi connectivity index (χ0n) is 11.2. The molecule has 2 rings (SSSR count). The number of anilines is 1. The number of benzene rings is 1. The molecule has 4 heteroatoms. The molecule has 100 valence electrons. The maximum absolute atomic E-state index is 11.3. The first kappa shape index (κ1) is 13.6. The third-order valence-corrected chi connectivity index (χ3v) is 4.04. The first-order valence-electron chi connectivity index (χ1n) is 6.25. The fourth-order valence-corrected chi connectivity index (χ4v) is 2.63. The van der Waals surface area contributed by atoms with E-state index in [0.717, 1.165) is 17.8 Å². The summed E-state index contributed by atoms with van der Waals surface area (Å²) in [7, 11) is 1.65. The van der Waals surface area contributed by atoms with Crippen molar-refractivity contribution in [3.05, 3.63) is 51.7 Å². The minimum absolute atomic E-state index is 0.0370. The summed E-state index contributed by atoms with van der Waals surface area (Å²) in [6.07, 6.45) is 0.431. The molecular formula is C15H18N2OS. The second-order valence-corrected chi connectivity index (χ2v) is 5.43. The highest BCUT2D eigenvalue weighted by Crippen LogP contribution is 2.18. The summed E-state index contributed by atoms with van der Waals surface area (Å²) < 4.78 is 0. The van der Waals surface area contributed by atoms with Crippen LogP contribution in [0.5, 0.6) is 0 Å².